The molecule has 0 aliphatic rings. The lowest BCUT2D eigenvalue weighted by Gasteiger charge is -2.31. The summed E-state index contributed by atoms with van der Waals surface area (Å²) < 4.78 is 0. The van der Waals surface area contributed by atoms with Crippen molar-refractivity contribution in [2.24, 2.45) is 11.1 Å². The third-order valence-corrected chi connectivity index (χ3v) is 3.63. The first kappa shape index (κ1) is 16.7. The molecule has 0 spiro atoms. The van der Waals surface area contributed by atoms with Crippen molar-refractivity contribution in [3.05, 3.63) is 34.9 Å². The Labute approximate surface area is 121 Å². The molecular formula is C16H26N2O2. The molecule has 0 aliphatic heterocycles. The van der Waals surface area contributed by atoms with Crippen molar-refractivity contribution in [1.82, 2.24) is 5.32 Å². The van der Waals surface area contributed by atoms with E-state index in [1.165, 1.54) is 0 Å². The van der Waals surface area contributed by atoms with E-state index in [0.29, 0.717) is 12.1 Å². The smallest absolute Gasteiger partial charge is 0.248 e. The first-order valence-electron chi connectivity index (χ1n) is 6.99. The fourth-order valence-corrected chi connectivity index (χ4v) is 2.25. The predicted octanol–water partition coefficient (Wildman–Crippen LogP) is 1.98. The van der Waals surface area contributed by atoms with Crippen LogP contribution in [0.15, 0.2) is 18.2 Å². The fourth-order valence-electron chi connectivity index (χ4n) is 2.25. The van der Waals surface area contributed by atoms with Crippen LogP contribution in [0.4, 0.5) is 0 Å². The summed E-state index contributed by atoms with van der Waals surface area (Å²) in [6.07, 6.45) is 0.724. The Kier molecular flexibility index (Phi) is 5.72. The number of benzene rings is 1. The molecule has 1 rings (SSSR count). The van der Waals surface area contributed by atoms with Crippen LogP contribution in [-0.2, 0) is 6.54 Å². The van der Waals surface area contributed by atoms with E-state index in [4.69, 9.17) is 10.8 Å². The van der Waals surface area contributed by atoms with Gasteiger partial charge in [0.05, 0.1) is 0 Å². The van der Waals surface area contributed by atoms with E-state index < -0.39 is 5.91 Å². The second-order valence-electron chi connectivity index (χ2n) is 6.32. The highest BCUT2D eigenvalue weighted by atomic mass is 16.3. The molecule has 0 aromatic heterocycles. The molecule has 0 saturated carbocycles. The maximum absolute atomic E-state index is 11.1. The molecule has 0 saturated heterocycles. The fraction of sp³-hybridized carbons (Fsp3) is 0.562. The zero-order valence-corrected chi connectivity index (χ0v) is 12.9. The van der Waals surface area contributed by atoms with Crippen molar-refractivity contribution in [2.45, 2.75) is 46.7 Å². The van der Waals surface area contributed by atoms with E-state index >= 15 is 0 Å². The van der Waals surface area contributed by atoms with Crippen molar-refractivity contribution < 1.29 is 9.90 Å². The first-order valence-corrected chi connectivity index (χ1v) is 6.99. The zero-order valence-electron chi connectivity index (χ0n) is 12.9. The Morgan fingerprint density at radius 1 is 1.40 bits per heavy atom. The summed E-state index contributed by atoms with van der Waals surface area (Å²) in [6, 6.07) is 5.74. The standard InChI is InChI=1S/C16H26N2O2/c1-11-9-12(15(17)20)5-6-13(11)10-18-14(7-8-19)16(2,3)4/h5-6,9,14,18-19H,7-8,10H2,1-4H3,(H2,17,20). The van der Waals surface area contributed by atoms with Gasteiger partial charge in [0, 0.05) is 24.8 Å². The van der Waals surface area contributed by atoms with Gasteiger partial charge in [-0.05, 0) is 42.0 Å². The predicted molar refractivity (Wildman–Crippen MR) is 81.5 cm³/mol. The molecule has 0 bridgehead atoms. The summed E-state index contributed by atoms with van der Waals surface area (Å²) in [5.41, 5.74) is 8.08. The van der Waals surface area contributed by atoms with Crippen LogP contribution in [0.5, 0.6) is 0 Å². The average molecular weight is 278 g/mol. The number of carbonyl (C=O) groups is 1. The minimum absolute atomic E-state index is 0.0871. The minimum Gasteiger partial charge on any atom is -0.396 e. The van der Waals surface area contributed by atoms with Crippen LogP contribution in [-0.4, -0.2) is 23.7 Å². The monoisotopic (exact) mass is 278 g/mol. The van der Waals surface area contributed by atoms with Crippen LogP contribution < -0.4 is 11.1 Å². The Hall–Kier alpha value is -1.39. The molecule has 0 aliphatic carbocycles. The van der Waals surface area contributed by atoms with Crippen LogP contribution in [0, 0.1) is 12.3 Å². The van der Waals surface area contributed by atoms with Gasteiger partial charge in [0.25, 0.3) is 0 Å². The quantitative estimate of drug-likeness (QED) is 0.745. The Balaban J connectivity index is 2.76. The highest BCUT2D eigenvalue weighted by Gasteiger charge is 2.23. The number of nitrogens with two attached hydrogens (primary N) is 1. The molecule has 0 fully saturated rings. The highest BCUT2D eigenvalue weighted by molar-refractivity contribution is 5.93. The van der Waals surface area contributed by atoms with Gasteiger partial charge in [-0.15, -0.1) is 0 Å². The molecule has 4 heteroatoms. The van der Waals surface area contributed by atoms with Crippen molar-refractivity contribution in [1.29, 1.82) is 0 Å². The maximum Gasteiger partial charge on any atom is 0.248 e. The molecule has 0 radical (unpaired) electrons. The van der Waals surface area contributed by atoms with Gasteiger partial charge in [0.2, 0.25) is 5.91 Å². The van der Waals surface area contributed by atoms with E-state index in [2.05, 4.69) is 26.1 Å². The number of nitrogens with one attached hydrogen (secondary N) is 1. The molecule has 1 aromatic rings. The topological polar surface area (TPSA) is 75.4 Å². The number of carbonyl (C=O) groups excluding carboxylic acids is 1. The first-order chi connectivity index (χ1) is 9.25. The van der Waals surface area contributed by atoms with Crippen molar-refractivity contribution in [3.8, 4) is 0 Å². The molecule has 0 heterocycles. The number of aliphatic hydroxyl groups is 1. The van der Waals surface area contributed by atoms with Gasteiger partial charge in [0.1, 0.15) is 0 Å². The molecule has 1 atom stereocenters. The second kappa shape index (κ2) is 6.86. The van der Waals surface area contributed by atoms with Gasteiger partial charge in [-0.3, -0.25) is 4.79 Å². The van der Waals surface area contributed by atoms with E-state index in [-0.39, 0.29) is 18.1 Å². The lowest BCUT2D eigenvalue weighted by atomic mass is 9.84. The lowest BCUT2D eigenvalue weighted by Crippen LogP contribution is -2.40. The van der Waals surface area contributed by atoms with E-state index in [0.717, 1.165) is 17.5 Å². The number of rotatable bonds is 6. The van der Waals surface area contributed by atoms with Gasteiger partial charge in [0.15, 0.2) is 0 Å². The van der Waals surface area contributed by atoms with Crippen LogP contribution in [0.2, 0.25) is 0 Å². The van der Waals surface area contributed by atoms with Gasteiger partial charge < -0.3 is 16.2 Å². The Morgan fingerprint density at radius 3 is 2.50 bits per heavy atom. The third-order valence-electron chi connectivity index (χ3n) is 3.63. The molecule has 4 nitrogen and oxygen atoms in total. The van der Waals surface area contributed by atoms with Gasteiger partial charge in [-0.25, -0.2) is 0 Å². The summed E-state index contributed by atoms with van der Waals surface area (Å²) in [7, 11) is 0. The Morgan fingerprint density at radius 2 is 2.05 bits per heavy atom. The maximum atomic E-state index is 11.1. The molecule has 1 unspecified atom stereocenters. The van der Waals surface area contributed by atoms with Gasteiger partial charge in [-0.1, -0.05) is 26.8 Å². The third kappa shape index (κ3) is 4.62. The summed E-state index contributed by atoms with van der Waals surface area (Å²) in [4.78, 5) is 11.1. The number of hydrogen-bond donors (Lipinski definition) is 3. The number of amides is 1. The number of primary amides is 1. The zero-order chi connectivity index (χ0) is 15.3. The largest absolute Gasteiger partial charge is 0.396 e. The average Bonchev–Trinajstić information content (AvgIpc) is 2.34. The summed E-state index contributed by atoms with van der Waals surface area (Å²) in [5, 5.41) is 12.6. The van der Waals surface area contributed by atoms with Gasteiger partial charge >= 0.3 is 0 Å². The van der Waals surface area contributed by atoms with E-state index in [1.54, 1.807) is 6.07 Å². The minimum atomic E-state index is -0.402. The molecule has 20 heavy (non-hydrogen) atoms. The van der Waals surface area contributed by atoms with Crippen LogP contribution in [0.1, 0.15) is 48.7 Å². The van der Waals surface area contributed by atoms with Crippen molar-refractivity contribution in [3.63, 3.8) is 0 Å². The van der Waals surface area contributed by atoms with Crippen LogP contribution in [0.3, 0.4) is 0 Å². The highest BCUT2D eigenvalue weighted by Crippen LogP contribution is 2.22. The number of hydrogen-bond acceptors (Lipinski definition) is 3. The van der Waals surface area contributed by atoms with Crippen molar-refractivity contribution in [2.75, 3.05) is 6.61 Å². The summed E-state index contributed by atoms with van der Waals surface area (Å²) in [6.45, 7) is 9.33. The molecule has 1 aromatic carbocycles. The molecule has 4 N–H and O–H groups in total. The summed E-state index contributed by atoms with van der Waals surface area (Å²) >= 11 is 0. The number of aliphatic hydroxyl groups excluding tert-OH is 1. The Bertz CT molecular complexity index is 464. The SMILES string of the molecule is Cc1cc(C(N)=O)ccc1CNC(CCO)C(C)(C)C. The van der Waals surface area contributed by atoms with E-state index in [1.807, 2.05) is 19.1 Å². The molecular weight excluding hydrogens is 252 g/mol. The normalized spacial score (nSPS) is 13.2. The summed E-state index contributed by atoms with van der Waals surface area (Å²) in [5.74, 6) is -0.402. The van der Waals surface area contributed by atoms with Crippen molar-refractivity contribution >= 4 is 5.91 Å². The lowest BCUT2D eigenvalue weighted by molar-refractivity contribution is 0.1000. The van der Waals surface area contributed by atoms with E-state index in [9.17, 15) is 4.79 Å². The number of aryl methyl sites for hydroxylation is 1. The van der Waals surface area contributed by atoms with Crippen LogP contribution >= 0.6 is 0 Å². The van der Waals surface area contributed by atoms with Gasteiger partial charge in [-0.2, -0.15) is 0 Å². The van der Waals surface area contributed by atoms with Crippen LogP contribution in [0.25, 0.3) is 0 Å². The molecule has 1 amide bonds. The molecule has 112 valence electrons. The second-order valence-corrected chi connectivity index (χ2v) is 6.32.